The van der Waals surface area contributed by atoms with Gasteiger partial charge in [0.1, 0.15) is 12.1 Å². The van der Waals surface area contributed by atoms with Gasteiger partial charge in [-0.05, 0) is 18.2 Å². The molecule has 0 saturated heterocycles. The Morgan fingerprint density at radius 2 is 1.83 bits per heavy atom. The summed E-state index contributed by atoms with van der Waals surface area (Å²) in [5.41, 5.74) is 7.62. The van der Waals surface area contributed by atoms with Crippen LogP contribution in [-0.4, -0.2) is 0 Å². The van der Waals surface area contributed by atoms with Gasteiger partial charge in [0.05, 0.1) is 16.8 Å². The van der Waals surface area contributed by atoms with Crippen LogP contribution in [0.2, 0.25) is 0 Å². The topological polar surface area (TPSA) is 83.8 Å². The summed E-state index contributed by atoms with van der Waals surface area (Å²) >= 11 is 0. The maximum absolute atomic E-state index is 8.57. The quantitative estimate of drug-likeness (QED) is 0.631. The van der Waals surface area contributed by atoms with E-state index in [1.54, 1.807) is 0 Å². The fourth-order valence-electron chi connectivity index (χ4n) is 0.792. The molecule has 0 heterocycles. The van der Waals surface area contributed by atoms with Crippen LogP contribution in [0, 0.1) is 28.2 Å². The van der Waals surface area contributed by atoms with E-state index in [-0.39, 0.29) is 5.56 Å². The molecule has 1 aromatic carbocycles. The highest BCUT2D eigenvalue weighted by Gasteiger charge is 2.00. The molecule has 4 heteroatoms. The van der Waals surface area contributed by atoms with Crippen LogP contribution in [0.25, 0.3) is 0 Å². The Labute approximate surface area is 69.2 Å². The van der Waals surface area contributed by atoms with Crippen LogP contribution in [0.3, 0.4) is 0 Å². The van der Waals surface area contributed by atoms with E-state index in [9.17, 15) is 0 Å². The van der Waals surface area contributed by atoms with E-state index in [0.717, 1.165) is 0 Å². The number of nitrogens with zero attached hydrogens (tertiary/aromatic N) is 3. The van der Waals surface area contributed by atoms with Crippen molar-refractivity contribution in [3.05, 3.63) is 29.3 Å². The minimum Gasteiger partial charge on any atom is -0.204 e. The molecule has 12 heavy (non-hydrogen) atoms. The SMILES string of the molecule is N#Cc1ccc(N=N)cc1C#N. The van der Waals surface area contributed by atoms with E-state index < -0.39 is 0 Å². The lowest BCUT2D eigenvalue weighted by atomic mass is 10.1. The highest BCUT2D eigenvalue weighted by atomic mass is 15.0. The predicted molar refractivity (Wildman–Crippen MR) is 40.7 cm³/mol. The summed E-state index contributed by atoms with van der Waals surface area (Å²) in [5, 5.41) is 20.2. The van der Waals surface area contributed by atoms with Crippen molar-refractivity contribution in [3.8, 4) is 12.1 Å². The molecule has 1 rings (SSSR count). The second kappa shape index (κ2) is 3.27. The summed E-state index contributed by atoms with van der Waals surface area (Å²) in [5.74, 6) is 0. The van der Waals surface area contributed by atoms with Gasteiger partial charge in [-0.15, -0.1) is 0 Å². The summed E-state index contributed by atoms with van der Waals surface area (Å²) in [6.45, 7) is 0. The Morgan fingerprint density at radius 3 is 2.33 bits per heavy atom. The summed E-state index contributed by atoms with van der Waals surface area (Å²) in [4.78, 5) is 0. The average molecular weight is 156 g/mol. The molecule has 1 aromatic rings. The first-order valence-electron chi connectivity index (χ1n) is 3.13. The van der Waals surface area contributed by atoms with E-state index in [4.69, 9.17) is 16.1 Å². The zero-order chi connectivity index (χ0) is 8.97. The lowest BCUT2D eigenvalue weighted by Gasteiger charge is -1.93. The molecule has 0 fully saturated rings. The van der Waals surface area contributed by atoms with Gasteiger partial charge in [0.25, 0.3) is 0 Å². The first-order valence-corrected chi connectivity index (χ1v) is 3.13. The number of nitriles is 2. The van der Waals surface area contributed by atoms with Crippen molar-refractivity contribution in [2.24, 2.45) is 5.11 Å². The molecule has 56 valence electrons. The van der Waals surface area contributed by atoms with Crippen LogP contribution in [0.1, 0.15) is 11.1 Å². The Morgan fingerprint density at radius 1 is 1.17 bits per heavy atom. The molecule has 1 N–H and O–H groups in total. The molecule has 0 saturated carbocycles. The zero-order valence-electron chi connectivity index (χ0n) is 6.07. The molecule has 0 aliphatic rings. The summed E-state index contributed by atoms with van der Waals surface area (Å²) in [7, 11) is 0. The fraction of sp³-hybridized carbons (Fsp3) is 0. The maximum atomic E-state index is 8.57. The number of rotatable bonds is 1. The Hall–Kier alpha value is -2.20. The molecule has 0 aromatic heterocycles. The third-order valence-corrected chi connectivity index (χ3v) is 1.37. The monoisotopic (exact) mass is 156 g/mol. The largest absolute Gasteiger partial charge is 0.204 e. The standard InChI is InChI=1S/C8H4N4/c9-4-6-1-2-8(12-11)3-7(6)5-10/h1-3,11H. The van der Waals surface area contributed by atoms with Crippen molar-refractivity contribution in [1.29, 1.82) is 16.1 Å². The molecular formula is C8H4N4. The van der Waals surface area contributed by atoms with Gasteiger partial charge in [0.15, 0.2) is 0 Å². The van der Waals surface area contributed by atoms with E-state index in [1.807, 2.05) is 12.1 Å². The van der Waals surface area contributed by atoms with E-state index >= 15 is 0 Å². The molecule has 0 amide bonds. The minimum atomic E-state index is 0.256. The second-order valence-electron chi connectivity index (χ2n) is 2.07. The predicted octanol–water partition coefficient (Wildman–Crippen LogP) is 2.09. The molecule has 0 unspecified atom stereocenters. The number of nitrogens with one attached hydrogen (secondary N) is 1. The van der Waals surface area contributed by atoms with Gasteiger partial charge in [0, 0.05) is 0 Å². The van der Waals surface area contributed by atoms with Crippen molar-refractivity contribution in [3.63, 3.8) is 0 Å². The molecule has 0 radical (unpaired) electrons. The minimum absolute atomic E-state index is 0.256. The summed E-state index contributed by atoms with van der Waals surface area (Å²) < 4.78 is 0. The van der Waals surface area contributed by atoms with E-state index in [0.29, 0.717) is 11.3 Å². The van der Waals surface area contributed by atoms with Crippen LogP contribution < -0.4 is 0 Å². The first-order chi connectivity index (χ1) is 5.81. The van der Waals surface area contributed by atoms with Crippen LogP contribution >= 0.6 is 0 Å². The van der Waals surface area contributed by atoms with E-state index in [2.05, 4.69) is 5.11 Å². The smallest absolute Gasteiger partial charge is 0.101 e. The van der Waals surface area contributed by atoms with Gasteiger partial charge in [-0.3, -0.25) is 0 Å². The molecule has 0 bridgehead atoms. The Kier molecular flexibility index (Phi) is 2.15. The van der Waals surface area contributed by atoms with Gasteiger partial charge in [-0.2, -0.15) is 15.6 Å². The van der Waals surface area contributed by atoms with Crippen molar-refractivity contribution >= 4 is 5.69 Å². The molecule has 0 aliphatic carbocycles. The van der Waals surface area contributed by atoms with Crippen molar-refractivity contribution in [2.75, 3.05) is 0 Å². The summed E-state index contributed by atoms with van der Waals surface area (Å²) in [6, 6.07) is 8.13. The highest BCUT2D eigenvalue weighted by molar-refractivity contribution is 5.53. The van der Waals surface area contributed by atoms with Gasteiger partial charge in [-0.25, -0.2) is 5.53 Å². The first kappa shape index (κ1) is 7.90. The van der Waals surface area contributed by atoms with Crippen LogP contribution in [0.5, 0.6) is 0 Å². The van der Waals surface area contributed by atoms with Gasteiger partial charge in [0.2, 0.25) is 0 Å². The van der Waals surface area contributed by atoms with Crippen molar-refractivity contribution in [1.82, 2.24) is 0 Å². The molecule has 0 spiro atoms. The van der Waals surface area contributed by atoms with Crippen molar-refractivity contribution < 1.29 is 0 Å². The molecule has 0 atom stereocenters. The number of benzene rings is 1. The van der Waals surface area contributed by atoms with Crippen LogP contribution in [0.15, 0.2) is 23.3 Å². The van der Waals surface area contributed by atoms with Gasteiger partial charge < -0.3 is 0 Å². The maximum Gasteiger partial charge on any atom is 0.101 e. The molecule has 4 nitrogen and oxygen atoms in total. The Bertz CT molecular complexity index is 394. The normalized spacial score (nSPS) is 8.17. The zero-order valence-corrected chi connectivity index (χ0v) is 6.07. The number of hydrogen-bond donors (Lipinski definition) is 1. The third-order valence-electron chi connectivity index (χ3n) is 1.37. The van der Waals surface area contributed by atoms with Gasteiger partial charge in [-0.1, -0.05) is 0 Å². The molecule has 0 aliphatic heterocycles. The average Bonchev–Trinajstić information content (AvgIpc) is 2.16. The van der Waals surface area contributed by atoms with Gasteiger partial charge >= 0.3 is 0 Å². The van der Waals surface area contributed by atoms with Crippen LogP contribution in [0.4, 0.5) is 5.69 Å². The Balaban J connectivity index is 3.34. The number of hydrogen-bond acceptors (Lipinski definition) is 4. The molecular weight excluding hydrogens is 152 g/mol. The fourth-order valence-corrected chi connectivity index (χ4v) is 0.792. The van der Waals surface area contributed by atoms with E-state index in [1.165, 1.54) is 18.2 Å². The second-order valence-corrected chi connectivity index (χ2v) is 2.07. The van der Waals surface area contributed by atoms with Crippen molar-refractivity contribution in [2.45, 2.75) is 0 Å². The third kappa shape index (κ3) is 1.28. The lowest BCUT2D eigenvalue weighted by molar-refractivity contribution is 1.15. The highest BCUT2D eigenvalue weighted by Crippen LogP contribution is 2.16. The van der Waals surface area contributed by atoms with Crippen LogP contribution in [-0.2, 0) is 0 Å². The lowest BCUT2D eigenvalue weighted by Crippen LogP contribution is -1.81. The summed E-state index contributed by atoms with van der Waals surface area (Å²) in [6.07, 6.45) is 0.